The van der Waals surface area contributed by atoms with Crippen LogP contribution in [0.25, 0.3) is 10.9 Å². The molecule has 0 saturated carbocycles. The lowest BCUT2D eigenvalue weighted by atomic mass is 9.92. The van der Waals surface area contributed by atoms with E-state index in [4.69, 9.17) is 11.6 Å². The van der Waals surface area contributed by atoms with Crippen molar-refractivity contribution in [2.45, 2.75) is 113 Å². The van der Waals surface area contributed by atoms with Gasteiger partial charge in [-0.15, -0.1) is 0 Å². The van der Waals surface area contributed by atoms with Gasteiger partial charge in [0.25, 0.3) is 0 Å². The third kappa shape index (κ3) is 13.1. The van der Waals surface area contributed by atoms with E-state index in [1.807, 2.05) is 34.6 Å². The minimum Gasteiger partial charge on any atom is -0.358 e. The summed E-state index contributed by atoms with van der Waals surface area (Å²) in [6.07, 6.45) is 3.64. The topological polar surface area (TPSA) is 28.1 Å². The zero-order valence-electron chi connectivity index (χ0n) is 27.5. The Balaban J connectivity index is 0.000000839. The number of rotatable bonds is 10. The molecule has 1 atom stereocenters. The number of hydrogen-bond donors (Lipinski definition) is 1. The van der Waals surface area contributed by atoms with Crippen molar-refractivity contribution in [1.82, 2.24) is 4.98 Å². The van der Waals surface area contributed by atoms with Crippen LogP contribution in [0.15, 0.2) is 65.8 Å². The average molecular weight is 623 g/mol. The molecule has 240 valence electrons. The van der Waals surface area contributed by atoms with Crippen LogP contribution >= 0.6 is 11.6 Å². The first-order valence-corrected chi connectivity index (χ1v) is 15.8. The second-order valence-corrected chi connectivity index (χ2v) is 10.1. The number of alkyl halides is 3. The van der Waals surface area contributed by atoms with E-state index in [9.17, 15) is 17.6 Å². The first kappa shape index (κ1) is 40.1. The lowest BCUT2D eigenvalue weighted by molar-refractivity contribution is -0.0878. The molecular formula is C36H51ClF4N2. The lowest BCUT2D eigenvalue weighted by Gasteiger charge is -2.14. The average Bonchev–Trinajstić information content (AvgIpc) is 3.34. The van der Waals surface area contributed by atoms with Gasteiger partial charge >= 0.3 is 6.18 Å². The van der Waals surface area contributed by atoms with Crippen LogP contribution in [0.1, 0.15) is 116 Å². The van der Waals surface area contributed by atoms with E-state index in [-0.39, 0.29) is 16.8 Å². The summed E-state index contributed by atoms with van der Waals surface area (Å²) in [5.41, 5.74) is 5.82. The minimum absolute atomic E-state index is 0.191. The molecule has 1 aromatic heterocycles. The van der Waals surface area contributed by atoms with Gasteiger partial charge in [-0.1, -0.05) is 111 Å². The van der Waals surface area contributed by atoms with E-state index in [1.165, 1.54) is 28.5 Å². The van der Waals surface area contributed by atoms with Crippen LogP contribution in [0.5, 0.6) is 0 Å². The van der Waals surface area contributed by atoms with Crippen molar-refractivity contribution < 1.29 is 17.6 Å². The van der Waals surface area contributed by atoms with E-state index in [2.05, 4.69) is 61.6 Å². The molecule has 0 amide bonds. The van der Waals surface area contributed by atoms with Gasteiger partial charge in [0.05, 0.1) is 5.02 Å². The van der Waals surface area contributed by atoms with Gasteiger partial charge in [0.2, 0.25) is 0 Å². The number of benzene rings is 2. The molecule has 0 radical (unpaired) electrons. The fourth-order valence-corrected chi connectivity index (χ4v) is 4.41. The molecule has 0 fully saturated rings. The third-order valence-electron chi connectivity index (χ3n) is 6.63. The van der Waals surface area contributed by atoms with Crippen LogP contribution in [0.4, 0.5) is 17.6 Å². The smallest absolute Gasteiger partial charge is 0.358 e. The maximum Gasteiger partial charge on any atom is 0.415 e. The number of aromatic nitrogens is 1. The second-order valence-electron chi connectivity index (χ2n) is 9.70. The molecule has 0 spiro atoms. The second kappa shape index (κ2) is 20.9. The fraction of sp³-hybridized carbons (Fsp3) is 0.472. The summed E-state index contributed by atoms with van der Waals surface area (Å²) in [4.78, 5) is 7.31. The zero-order chi connectivity index (χ0) is 33.2. The van der Waals surface area contributed by atoms with Gasteiger partial charge in [-0.05, 0) is 67.5 Å². The number of allylic oxidation sites excluding steroid dienone is 2. The zero-order valence-corrected chi connectivity index (χ0v) is 28.2. The number of H-pyrrole nitrogens is 1. The largest absolute Gasteiger partial charge is 0.415 e. The Labute approximate surface area is 262 Å². The summed E-state index contributed by atoms with van der Waals surface area (Å²) in [6, 6.07) is 12.1. The Morgan fingerprint density at radius 2 is 1.63 bits per heavy atom. The number of nitrogens with zero attached hydrogens (tertiary/aromatic N) is 1. The molecule has 1 unspecified atom stereocenters. The van der Waals surface area contributed by atoms with E-state index >= 15 is 0 Å². The highest BCUT2D eigenvalue weighted by atomic mass is 35.5. The summed E-state index contributed by atoms with van der Waals surface area (Å²) in [5, 5.41) is 1.24. The molecule has 7 heteroatoms. The maximum absolute atomic E-state index is 13.9. The van der Waals surface area contributed by atoms with Crippen LogP contribution in [-0.4, -0.2) is 16.9 Å². The van der Waals surface area contributed by atoms with Crippen molar-refractivity contribution in [3.8, 4) is 0 Å². The Hall–Kier alpha value is -2.86. The molecule has 2 nitrogen and oxygen atoms in total. The number of fused-ring (bicyclic) bond motifs is 1. The highest BCUT2D eigenvalue weighted by Crippen LogP contribution is 2.35. The summed E-state index contributed by atoms with van der Waals surface area (Å²) < 4.78 is 49.7. The van der Waals surface area contributed by atoms with E-state index in [0.717, 1.165) is 67.4 Å². The number of halogens is 5. The number of hydrogen-bond acceptors (Lipinski definition) is 1. The third-order valence-corrected chi connectivity index (χ3v) is 6.92. The van der Waals surface area contributed by atoms with Crippen LogP contribution < -0.4 is 0 Å². The quantitative estimate of drug-likeness (QED) is 0.132. The molecule has 3 rings (SSSR count). The summed E-state index contributed by atoms with van der Waals surface area (Å²) in [7, 11) is 0. The van der Waals surface area contributed by atoms with Gasteiger partial charge in [0.1, 0.15) is 5.82 Å². The number of unbranched alkanes of at least 4 members (excludes halogenated alkanes) is 1. The standard InChI is InChI=1S/C22H25ClFN.C10H14F3N.2C2H6/c1-4-6-7-17-18-12-19(23)20(24)13-21(18)25-22(17)14(3)16-10-8-15(5-2)9-11-16;1-4-5-9(3)14-7-6-8(2)10(11,12)13;2*1-2/h8-14,25H,4-7H2,1-3H3;6-7H,2,4-5H2,1,3H3;2*1-2H3/b;7-6-,14-9?;;. The molecule has 3 aromatic rings. The molecule has 0 aliphatic heterocycles. The molecule has 0 saturated heterocycles. The van der Waals surface area contributed by atoms with Crippen molar-refractivity contribution in [2.75, 3.05) is 0 Å². The van der Waals surface area contributed by atoms with Crippen molar-refractivity contribution in [2.24, 2.45) is 4.99 Å². The van der Waals surface area contributed by atoms with Gasteiger partial charge in [-0.3, -0.25) is 4.99 Å². The SMILES string of the molecule is C=C(/C=C\N=C(C)CCC)C(F)(F)F.CC.CC.CCCCc1c(C(C)c2ccc(CC)cc2)[nH]c2cc(F)c(Cl)cc12. The number of nitrogens with one attached hydrogen (secondary N) is 1. The molecule has 2 aromatic carbocycles. The van der Waals surface area contributed by atoms with Crippen LogP contribution in [0.2, 0.25) is 5.02 Å². The molecular weight excluding hydrogens is 572 g/mol. The fourth-order valence-electron chi connectivity index (χ4n) is 4.24. The molecule has 0 aliphatic rings. The Morgan fingerprint density at radius 1 is 1.02 bits per heavy atom. The van der Waals surface area contributed by atoms with Gasteiger partial charge in [0, 0.05) is 40.0 Å². The number of aliphatic imine (C=N–C) groups is 1. The summed E-state index contributed by atoms with van der Waals surface area (Å²) in [5.74, 6) is -0.143. The lowest BCUT2D eigenvalue weighted by Crippen LogP contribution is -2.08. The Morgan fingerprint density at radius 3 is 2.14 bits per heavy atom. The molecule has 0 aliphatic carbocycles. The summed E-state index contributed by atoms with van der Waals surface area (Å²) >= 11 is 6.04. The van der Waals surface area contributed by atoms with Crippen LogP contribution in [-0.2, 0) is 12.8 Å². The first-order valence-electron chi connectivity index (χ1n) is 15.5. The van der Waals surface area contributed by atoms with Crippen molar-refractivity contribution >= 4 is 28.2 Å². The molecule has 1 heterocycles. The highest BCUT2D eigenvalue weighted by Gasteiger charge is 2.29. The maximum atomic E-state index is 13.9. The van der Waals surface area contributed by atoms with Crippen LogP contribution in [0, 0.1) is 5.82 Å². The van der Waals surface area contributed by atoms with Crippen molar-refractivity contribution in [3.63, 3.8) is 0 Å². The Kier molecular flexibility index (Phi) is 19.6. The first-order chi connectivity index (χ1) is 20.4. The molecule has 43 heavy (non-hydrogen) atoms. The Bertz CT molecular complexity index is 1290. The predicted octanol–water partition coefficient (Wildman–Crippen LogP) is 12.9. The highest BCUT2D eigenvalue weighted by molar-refractivity contribution is 6.31. The van der Waals surface area contributed by atoms with Crippen molar-refractivity contribution in [1.29, 1.82) is 0 Å². The molecule has 0 bridgehead atoms. The van der Waals surface area contributed by atoms with Gasteiger partial charge in [-0.25, -0.2) is 4.39 Å². The van der Waals surface area contributed by atoms with Gasteiger partial charge < -0.3 is 4.98 Å². The normalized spacial score (nSPS) is 12.1. The van der Waals surface area contributed by atoms with Crippen LogP contribution in [0.3, 0.4) is 0 Å². The summed E-state index contributed by atoms with van der Waals surface area (Å²) in [6.45, 7) is 21.2. The van der Waals surface area contributed by atoms with Gasteiger partial charge in [0.15, 0.2) is 0 Å². The predicted molar refractivity (Wildman–Crippen MR) is 180 cm³/mol. The van der Waals surface area contributed by atoms with E-state index in [1.54, 1.807) is 13.0 Å². The molecule has 1 N–H and O–H groups in total. The van der Waals surface area contributed by atoms with E-state index in [0.29, 0.717) is 0 Å². The monoisotopic (exact) mass is 622 g/mol. The van der Waals surface area contributed by atoms with Crippen molar-refractivity contribution in [3.05, 3.63) is 94.1 Å². The number of aromatic amines is 1. The van der Waals surface area contributed by atoms with Gasteiger partial charge in [-0.2, -0.15) is 13.2 Å². The van der Waals surface area contributed by atoms with E-state index < -0.39 is 11.7 Å². The number of aryl methyl sites for hydroxylation is 2. The minimum atomic E-state index is -4.36.